The smallest absolute Gasteiger partial charge is 0.191 e. The molecular weight excluding hydrogens is 390 g/mol. The highest BCUT2D eigenvalue weighted by Gasteiger charge is 2.15. The molecule has 3 aromatic heterocycles. The van der Waals surface area contributed by atoms with Crippen LogP contribution >= 0.6 is 11.8 Å². The van der Waals surface area contributed by atoms with Crippen molar-refractivity contribution in [3.05, 3.63) is 96.4 Å². The molecule has 0 saturated carbocycles. The number of thioether (sulfide) groups is 1. The Bertz CT molecular complexity index is 1240. The molecule has 2 aromatic carbocycles. The third-order valence-corrected chi connectivity index (χ3v) is 6.08. The number of fused-ring (bicyclic) bond motifs is 1. The van der Waals surface area contributed by atoms with E-state index in [4.69, 9.17) is 0 Å². The Labute approximate surface area is 179 Å². The van der Waals surface area contributed by atoms with Crippen molar-refractivity contribution >= 4 is 22.7 Å². The number of H-pyrrole nitrogens is 1. The van der Waals surface area contributed by atoms with Gasteiger partial charge >= 0.3 is 0 Å². The van der Waals surface area contributed by atoms with E-state index in [1.54, 1.807) is 24.2 Å². The lowest BCUT2D eigenvalue weighted by molar-refractivity contribution is 0.714. The summed E-state index contributed by atoms with van der Waals surface area (Å²) in [5, 5.41) is 11.3. The van der Waals surface area contributed by atoms with E-state index < -0.39 is 0 Å². The first-order valence-electron chi connectivity index (χ1n) is 9.94. The molecule has 3 heterocycles. The first-order chi connectivity index (χ1) is 14.9. The van der Waals surface area contributed by atoms with Gasteiger partial charge in [0.1, 0.15) is 0 Å². The van der Waals surface area contributed by atoms with E-state index >= 15 is 0 Å². The zero-order chi connectivity index (χ0) is 20.2. The Morgan fingerprint density at radius 1 is 0.867 bits per heavy atom. The Morgan fingerprint density at radius 2 is 1.67 bits per heavy atom. The summed E-state index contributed by atoms with van der Waals surface area (Å²) in [6.07, 6.45) is 6.67. The number of nitrogens with zero attached hydrogens (tertiary/aromatic N) is 4. The van der Waals surface area contributed by atoms with Crippen molar-refractivity contribution in [1.29, 1.82) is 0 Å². The standard InChI is InChI=1S/C24H21N5S/c1-2-6-18(7-3-1)17-29-23(19-10-13-25-14-11-19)27-28-24(29)30-15-12-20-16-26-22-9-5-4-8-21(20)22/h1-11,13-14,16,26H,12,15,17H2. The number of hydrogen-bond donors (Lipinski definition) is 1. The van der Waals surface area contributed by atoms with Crippen LogP contribution in [-0.2, 0) is 13.0 Å². The zero-order valence-electron chi connectivity index (χ0n) is 16.4. The van der Waals surface area contributed by atoms with E-state index in [1.807, 2.05) is 18.2 Å². The second kappa shape index (κ2) is 8.55. The molecule has 0 spiro atoms. The van der Waals surface area contributed by atoms with Gasteiger partial charge in [0.2, 0.25) is 0 Å². The summed E-state index contributed by atoms with van der Waals surface area (Å²) in [6.45, 7) is 0.737. The minimum absolute atomic E-state index is 0.737. The van der Waals surface area contributed by atoms with Gasteiger partial charge in [0.15, 0.2) is 11.0 Å². The average Bonchev–Trinajstić information content (AvgIpc) is 3.40. The highest BCUT2D eigenvalue weighted by atomic mass is 32.2. The SMILES string of the molecule is c1ccc(Cn2c(SCCc3c[nH]c4ccccc34)nnc2-c2ccncc2)cc1. The lowest BCUT2D eigenvalue weighted by atomic mass is 10.1. The fraction of sp³-hybridized carbons (Fsp3) is 0.125. The summed E-state index contributed by atoms with van der Waals surface area (Å²) in [5.41, 5.74) is 4.77. The van der Waals surface area contributed by atoms with Gasteiger partial charge in [0.25, 0.3) is 0 Å². The molecule has 5 nitrogen and oxygen atoms in total. The van der Waals surface area contributed by atoms with Crippen LogP contribution in [0, 0.1) is 0 Å². The Hall–Kier alpha value is -3.38. The van der Waals surface area contributed by atoms with Crippen LogP contribution in [0.2, 0.25) is 0 Å². The quantitative estimate of drug-likeness (QED) is 0.374. The molecule has 0 amide bonds. The number of benzene rings is 2. The number of rotatable bonds is 7. The van der Waals surface area contributed by atoms with Crippen LogP contribution in [0.5, 0.6) is 0 Å². The Morgan fingerprint density at radius 3 is 2.53 bits per heavy atom. The maximum absolute atomic E-state index is 4.52. The number of pyridine rings is 1. The minimum Gasteiger partial charge on any atom is -0.361 e. The van der Waals surface area contributed by atoms with Crippen LogP contribution in [0.3, 0.4) is 0 Å². The number of aromatic nitrogens is 5. The molecule has 6 heteroatoms. The molecule has 0 aliphatic heterocycles. The number of para-hydroxylation sites is 1. The van der Waals surface area contributed by atoms with Crippen LogP contribution in [-0.4, -0.2) is 30.5 Å². The lowest BCUT2D eigenvalue weighted by Gasteiger charge is -2.10. The summed E-state index contributed by atoms with van der Waals surface area (Å²) in [4.78, 5) is 7.49. The maximum Gasteiger partial charge on any atom is 0.191 e. The van der Waals surface area contributed by atoms with Gasteiger partial charge < -0.3 is 4.98 Å². The molecule has 0 radical (unpaired) electrons. The average molecular weight is 412 g/mol. The van der Waals surface area contributed by atoms with Crippen LogP contribution in [0.1, 0.15) is 11.1 Å². The Kier molecular flexibility index (Phi) is 5.31. The van der Waals surface area contributed by atoms with E-state index in [9.17, 15) is 0 Å². The van der Waals surface area contributed by atoms with Gasteiger partial charge in [-0.05, 0) is 35.7 Å². The molecule has 30 heavy (non-hydrogen) atoms. The Balaban J connectivity index is 1.39. The maximum atomic E-state index is 4.52. The molecule has 0 atom stereocenters. The third-order valence-electron chi connectivity index (χ3n) is 5.12. The van der Waals surface area contributed by atoms with Crippen molar-refractivity contribution < 1.29 is 0 Å². The van der Waals surface area contributed by atoms with E-state index in [0.29, 0.717) is 0 Å². The highest BCUT2D eigenvalue weighted by molar-refractivity contribution is 7.99. The topological polar surface area (TPSA) is 59.4 Å². The van der Waals surface area contributed by atoms with Gasteiger partial charge in [-0.1, -0.05) is 60.3 Å². The van der Waals surface area contributed by atoms with Crippen LogP contribution in [0.4, 0.5) is 0 Å². The molecule has 0 aliphatic rings. The predicted molar refractivity (Wildman–Crippen MR) is 122 cm³/mol. The van der Waals surface area contributed by atoms with E-state index in [-0.39, 0.29) is 0 Å². The fourth-order valence-corrected chi connectivity index (χ4v) is 4.52. The fourth-order valence-electron chi connectivity index (χ4n) is 3.61. The summed E-state index contributed by atoms with van der Waals surface area (Å²) >= 11 is 1.75. The van der Waals surface area contributed by atoms with Crippen molar-refractivity contribution in [3.63, 3.8) is 0 Å². The van der Waals surface area contributed by atoms with Crippen molar-refractivity contribution in [3.8, 4) is 11.4 Å². The van der Waals surface area contributed by atoms with Gasteiger partial charge in [0.05, 0.1) is 6.54 Å². The van der Waals surface area contributed by atoms with Gasteiger partial charge in [0, 0.05) is 40.8 Å². The molecule has 0 saturated heterocycles. The first-order valence-corrected chi connectivity index (χ1v) is 10.9. The predicted octanol–water partition coefficient (Wildman–Crippen LogP) is 5.20. The zero-order valence-corrected chi connectivity index (χ0v) is 17.2. The van der Waals surface area contributed by atoms with Gasteiger partial charge in [-0.25, -0.2) is 0 Å². The summed E-state index contributed by atoms with van der Waals surface area (Å²) in [6, 6.07) is 22.8. The van der Waals surface area contributed by atoms with Crippen molar-refractivity contribution in [2.75, 3.05) is 5.75 Å². The molecular formula is C24H21N5S. The summed E-state index contributed by atoms with van der Waals surface area (Å²) < 4.78 is 2.20. The molecule has 0 unspecified atom stereocenters. The third kappa shape index (κ3) is 3.86. The lowest BCUT2D eigenvalue weighted by Crippen LogP contribution is -2.04. The van der Waals surface area contributed by atoms with Gasteiger partial charge in [-0.3, -0.25) is 9.55 Å². The normalized spacial score (nSPS) is 11.2. The van der Waals surface area contributed by atoms with Gasteiger partial charge in [-0.15, -0.1) is 10.2 Å². The number of aryl methyl sites for hydroxylation is 1. The molecule has 148 valence electrons. The van der Waals surface area contributed by atoms with Crippen molar-refractivity contribution in [2.24, 2.45) is 0 Å². The van der Waals surface area contributed by atoms with Crippen LogP contribution in [0.15, 0.2) is 90.5 Å². The van der Waals surface area contributed by atoms with E-state index in [0.717, 1.165) is 35.3 Å². The molecule has 1 N–H and O–H groups in total. The minimum atomic E-state index is 0.737. The highest BCUT2D eigenvalue weighted by Crippen LogP contribution is 2.26. The number of aromatic amines is 1. The van der Waals surface area contributed by atoms with E-state index in [2.05, 4.69) is 79.5 Å². The second-order valence-corrected chi connectivity index (χ2v) is 8.13. The second-order valence-electron chi connectivity index (χ2n) is 7.07. The van der Waals surface area contributed by atoms with E-state index in [1.165, 1.54) is 22.0 Å². The molecule has 0 aliphatic carbocycles. The molecule has 0 fully saturated rings. The number of hydrogen-bond acceptors (Lipinski definition) is 4. The molecule has 5 aromatic rings. The van der Waals surface area contributed by atoms with Crippen LogP contribution < -0.4 is 0 Å². The van der Waals surface area contributed by atoms with Crippen LogP contribution in [0.25, 0.3) is 22.3 Å². The summed E-state index contributed by atoms with van der Waals surface area (Å²) in [7, 11) is 0. The first kappa shape index (κ1) is 18.6. The number of nitrogens with one attached hydrogen (secondary N) is 1. The van der Waals surface area contributed by atoms with Gasteiger partial charge in [-0.2, -0.15) is 0 Å². The largest absolute Gasteiger partial charge is 0.361 e. The molecule has 0 bridgehead atoms. The monoisotopic (exact) mass is 411 g/mol. The molecule has 5 rings (SSSR count). The summed E-state index contributed by atoms with van der Waals surface area (Å²) in [5.74, 6) is 1.81. The van der Waals surface area contributed by atoms with Crippen molar-refractivity contribution in [1.82, 2.24) is 24.7 Å². The van der Waals surface area contributed by atoms with Crippen molar-refractivity contribution in [2.45, 2.75) is 18.1 Å².